The van der Waals surface area contributed by atoms with Crippen LogP contribution < -0.4 is 5.32 Å². The first-order valence-corrected chi connectivity index (χ1v) is 6.51. The summed E-state index contributed by atoms with van der Waals surface area (Å²) in [5, 5.41) is 10.6. The van der Waals surface area contributed by atoms with Crippen molar-refractivity contribution >= 4 is 15.9 Å². The van der Waals surface area contributed by atoms with Crippen molar-refractivity contribution in [2.24, 2.45) is 0 Å². The Bertz CT molecular complexity index is 501. The maximum absolute atomic E-state index is 5.43. The molecule has 90 valence electrons. The molecule has 3 rings (SSSR count). The van der Waals surface area contributed by atoms with Gasteiger partial charge in [0.15, 0.2) is 10.4 Å². The Balaban J connectivity index is 1.82. The number of aromatic amines is 1. The molecule has 3 heterocycles. The minimum atomic E-state index is 0.482. The van der Waals surface area contributed by atoms with Crippen LogP contribution in [-0.4, -0.2) is 28.3 Å². The van der Waals surface area contributed by atoms with Crippen molar-refractivity contribution in [2.75, 3.05) is 13.1 Å². The first-order valence-electron chi connectivity index (χ1n) is 5.71. The number of hydrogen-bond acceptors (Lipinski definition) is 4. The first-order chi connectivity index (χ1) is 8.33. The molecule has 5 nitrogen and oxygen atoms in total. The number of aromatic nitrogens is 3. The molecule has 0 saturated carbocycles. The molecule has 2 aromatic heterocycles. The van der Waals surface area contributed by atoms with E-state index in [0.29, 0.717) is 22.2 Å². The third-order valence-electron chi connectivity index (χ3n) is 3.02. The van der Waals surface area contributed by atoms with Crippen molar-refractivity contribution in [3.8, 4) is 11.6 Å². The van der Waals surface area contributed by atoms with Crippen LogP contribution in [0.15, 0.2) is 21.2 Å². The van der Waals surface area contributed by atoms with Crippen LogP contribution in [0.25, 0.3) is 11.6 Å². The Kier molecular flexibility index (Phi) is 2.98. The molecule has 0 radical (unpaired) electrons. The molecular formula is C11H13BrN4O. The molecule has 0 bridgehead atoms. The molecule has 0 unspecified atom stereocenters. The summed E-state index contributed by atoms with van der Waals surface area (Å²) in [5.74, 6) is 2.77. The summed E-state index contributed by atoms with van der Waals surface area (Å²) in [6, 6.07) is 3.70. The fraction of sp³-hybridized carbons (Fsp3) is 0.455. The van der Waals surface area contributed by atoms with E-state index in [2.05, 4.69) is 36.4 Å². The Labute approximate surface area is 107 Å². The largest absolute Gasteiger partial charge is 0.446 e. The van der Waals surface area contributed by atoms with Gasteiger partial charge in [-0.1, -0.05) is 0 Å². The lowest BCUT2D eigenvalue weighted by atomic mass is 9.98. The van der Waals surface area contributed by atoms with Gasteiger partial charge in [-0.25, -0.2) is 4.98 Å². The number of piperidine rings is 1. The number of nitrogens with one attached hydrogen (secondary N) is 2. The fourth-order valence-electron chi connectivity index (χ4n) is 2.10. The van der Waals surface area contributed by atoms with Crippen molar-refractivity contribution in [1.29, 1.82) is 0 Å². The Morgan fingerprint density at radius 3 is 2.82 bits per heavy atom. The van der Waals surface area contributed by atoms with Crippen molar-refractivity contribution in [1.82, 2.24) is 20.5 Å². The molecule has 2 aromatic rings. The predicted octanol–water partition coefficient (Wildman–Crippen LogP) is 2.29. The Morgan fingerprint density at radius 2 is 2.12 bits per heavy atom. The van der Waals surface area contributed by atoms with E-state index in [4.69, 9.17) is 4.42 Å². The summed E-state index contributed by atoms with van der Waals surface area (Å²) >= 11 is 3.27. The molecule has 0 amide bonds. The molecule has 1 fully saturated rings. The van der Waals surface area contributed by atoms with Gasteiger partial charge in [0.05, 0.1) is 0 Å². The predicted molar refractivity (Wildman–Crippen MR) is 66.6 cm³/mol. The standard InChI is InChI=1S/C11H13BrN4O/c12-9-2-1-8(17-9)11-14-10(15-16-11)7-3-5-13-6-4-7/h1-2,7,13H,3-6H2,(H,14,15,16). The van der Waals surface area contributed by atoms with Crippen LogP contribution in [0, 0.1) is 0 Å². The van der Waals surface area contributed by atoms with Gasteiger partial charge in [-0.15, -0.1) is 0 Å². The molecule has 1 aliphatic heterocycles. The highest BCUT2D eigenvalue weighted by Crippen LogP contribution is 2.26. The highest BCUT2D eigenvalue weighted by atomic mass is 79.9. The monoisotopic (exact) mass is 296 g/mol. The smallest absolute Gasteiger partial charge is 0.216 e. The third kappa shape index (κ3) is 2.28. The topological polar surface area (TPSA) is 66.7 Å². The van der Waals surface area contributed by atoms with Gasteiger partial charge in [-0.05, 0) is 54.0 Å². The summed E-state index contributed by atoms with van der Waals surface area (Å²) < 4.78 is 6.12. The van der Waals surface area contributed by atoms with Crippen LogP contribution in [0.2, 0.25) is 0 Å². The van der Waals surface area contributed by atoms with Crippen LogP contribution in [0.5, 0.6) is 0 Å². The number of rotatable bonds is 2. The van der Waals surface area contributed by atoms with Gasteiger partial charge in [-0.3, -0.25) is 5.10 Å². The second-order valence-corrected chi connectivity index (χ2v) is 4.95. The number of furan rings is 1. The summed E-state index contributed by atoms with van der Waals surface area (Å²) in [6.07, 6.45) is 2.22. The van der Waals surface area contributed by atoms with E-state index in [1.807, 2.05) is 12.1 Å². The fourth-order valence-corrected chi connectivity index (χ4v) is 2.40. The van der Waals surface area contributed by atoms with E-state index < -0.39 is 0 Å². The van der Waals surface area contributed by atoms with E-state index in [-0.39, 0.29) is 0 Å². The average Bonchev–Trinajstić information content (AvgIpc) is 2.98. The van der Waals surface area contributed by atoms with Gasteiger partial charge in [0.25, 0.3) is 0 Å². The number of hydrogen-bond donors (Lipinski definition) is 2. The van der Waals surface area contributed by atoms with E-state index >= 15 is 0 Å². The lowest BCUT2D eigenvalue weighted by molar-refractivity contribution is 0.446. The van der Waals surface area contributed by atoms with Gasteiger partial charge in [-0.2, -0.15) is 5.10 Å². The lowest BCUT2D eigenvalue weighted by Crippen LogP contribution is -2.27. The Hall–Kier alpha value is -1.14. The lowest BCUT2D eigenvalue weighted by Gasteiger charge is -2.19. The SMILES string of the molecule is Brc1ccc(-c2n[nH]c(C3CCNCC3)n2)o1. The van der Waals surface area contributed by atoms with Gasteiger partial charge < -0.3 is 9.73 Å². The molecule has 1 saturated heterocycles. The third-order valence-corrected chi connectivity index (χ3v) is 3.45. The van der Waals surface area contributed by atoms with Crippen LogP contribution in [0.1, 0.15) is 24.6 Å². The first kappa shape index (κ1) is 11.0. The molecule has 6 heteroatoms. The highest BCUT2D eigenvalue weighted by Gasteiger charge is 2.20. The molecule has 0 atom stereocenters. The quantitative estimate of drug-likeness (QED) is 0.892. The minimum Gasteiger partial charge on any atom is -0.446 e. The van der Waals surface area contributed by atoms with Crippen LogP contribution >= 0.6 is 15.9 Å². The number of H-pyrrole nitrogens is 1. The minimum absolute atomic E-state index is 0.482. The second kappa shape index (κ2) is 4.62. The zero-order valence-electron chi connectivity index (χ0n) is 9.24. The summed E-state index contributed by atoms with van der Waals surface area (Å²) in [7, 11) is 0. The summed E-state index contributed by atoms with van der Waals surface area (Å²) in [4.78, 5) is 4.51. The normalized spacial score (nSPS) is 17.5. The average molecular weight is 297 g/mol. The van der Waals surface area contributed by atoms with Crippen molar-refractivity contribution in [3.63, 3.8) is 0 Å². The Morgan fingerprint density at radius 1 is 1.29 bits per heavy atom. The molecule has 0 aromatic carbocycles. The summed E-state index contributed by atoms with van der Waals surface area (Å²) in [5.41, 5.74) is 0. The van der Waals surface area contributed by atoms with E-state index in [0.717, 1.165) is 31.8 Å². The van der Waals surface area contributed by atoms with Gasteiger partial charge >= 0.3 is 0 Å². The van der Waals surface area contributed by atoms with Gasteiger partial charge in [0.1, 0.15) is 5.82 Å². The number of nitrogens with zero attached hydrogens (tertiary/aromatic N) is 2. The summed E-state index contributed by atoms with van der Waals surface area (Å²) in [6.45, 7) is 2.10. The van der Waals surface area contributed by atoms with Gasteiger partial charge in [0, 0.05) is 5.92 Å². The highest BCUT2D eigenvalue weighted by molar-refractivity contribution is 9.10. The zero-order valence-corrected chi connectivity index (χ0v) is 10.8. The van der Waals surface area contributed by atoms with Gasteiger partial charge in [0.2, 0.25) is 5.82 Å². The van der Waals surface area contributed by atoms with Crippen molar-refractivity contribution < 1.29 is 4.42 Å². The van der Waals surface area contributed by atoms with E-state index in [1.54, 1.807) is 0 Å². The molecule has 0 spiro atoms. The van der Waals surface area contributed by atoms with Crippen LogP contribution in [-0.2, 0) is 0 Å². The van der Waals surface area contributed by atoms with Crippen molar-refractivity contribution in [2.45, 2.75) is 18.8 Å². The van der Waals surface area contributed by atoms with E-state index in [9.17, 15) is 0 Å². The molecule has 17 heavy (non-hydrogen) atoms. The zero-order chi connectivity index (χ0) is 11.7. The molecule has 0 aliphatic carbocycles. The molecule has 2 N–H and O–H groups in total. The maximum atomic E-state index is 5.43. The van der Waals surface area contributed by atoms with Crippen LogP contribution in [0.4, 0.5) is 0 Å². The van der Waals surface area contributed by atoms with Crippen molar-refractivity contribution in [3.05, 3.63) is 22.6 Å². The number of halogens is 1. The molecule has 1 aliphatic rings. The second-order valence-electron chi connectivity index (χ2n) is 4.17. The van der Waals surface area contributed by atoms with Crippen LogP contribution in [0.3, 0.4) is 0 Å². The van der Waals surface area contributed by atoms with E-state index in [1.165, 1.54) is 0 Å². The molecular weight excluding hydrogens is 284 g/mol. The maximum Gasteiger partial charge on any atom is 0.216 e.